The van der Waals surface area contributed by atoms with Crippen LogP contribution in [0.15, 0.2) is 24.3 Å². The van der Waals surface area contributed by atoms with Crippen molar-refractivity contribution in [1.29, 1.82) is 0 Å². The van der Waals surface area contributed by atoms with Crippen LogP contribution in [0, 0.1) is 0 Å². The van der Waals surface area contributed by atoms with Crippen molar-refractivity contribution in [3.05, 3.63) is 29.8 Å². The highest BCUT2D eigenvalue weighted by molar-refractivity contribution is 5.75. The number of carbonyl (C=O) groups excluding carboxylic acids is 1. The van der Waals surface area contributed by atoms with Gasteiger partial charge in [0.1, 0.15) is 5.75 Å². The molecule has 1 saturated heterocycles. The molecule has 0 aromatic heterocycles. The first-order chi connectivity index (χ1) is 11.6. The Hall–Kier alpha value is -1.75. The molecule has 1 spiro atoms. The Morgan fingerprint density at radius 3 is 2.83 bits per heavy atom. The van der Waals surface area contributed by atoms with Gasteiger partial charge in [0.15, 0.2) is 0 Å². The molecule has 5 nitrogen and oxygen atoms in total. The fourth-order valence-corrected chi connectivity index (χ4v) is 4.04. The van der Waals surface area contributed by atoms with E-state index in [0.717, 1.165) is 43.6 Å². The van der Waals surface area contributed by atoms with Gasteiger partial charge >= 0.3 is 6.03 Å². The van der Waals surface area contributed by atoms with Gasteiger partial charge in [-0.1, -0.05) is 31.0 Å². The second kappa shape index (κ2) is 7.43. The van der Waals surface area contributed by atoms with E-state index in [-0.39, 0.29) is 23.7 Å². The fraction of sp³-hybridized carbons (Fsp3) is 0.632. The van der Waals surface area contributed by atoms with E-state index in [1.54, 1.807) is 7.11 Å². The molecule has 24 heavy (non-hydrogen) atoms. The Morgan fingerprint density at radius 2 is 2.08 bits per heavy atom. The normalized spacial score (nSPS) is 23.7. The van der Waals surface area contributed by atoms with Gasteiger partial charge in [0, 0.05) is 18.2 Å². The largest absolute Gasteiger partial charge is 0.496 e. The maximum absolute atomic E-state index is 12.4. The number of urea groups is 1. The van der Waals surface area contributed by atoms with Gasteiger partial charge in [-0.25, -0.2) is 4.79 Å². The van der Waals surface area contributed by atoms with Crippen molar-refractivity contribution in [3.8, 4) is 5.75 Å². The number of para-hydroxylation sites is 1. The van der Waals surface area contributed by atoms with Gasteiger partial charge in [-0.05, 0) is 38.7 Å². The summed E-state index contributed by atoms with van der Waals surface area (Å²) in [5.41, 5.74) is 0.999. The smallest absolute Gasteiger partial charge is 0.315 e. The van der Waals surface area contributed by atoms with Gasteiger partial charge < -0.3 is 20.1 Å². The molecular weight excluding hydrogens is 304 g/mol. The second-order valence-electron chi connectivity index (χ2n) is 7.01. The summed E-state index contributed by atoms with van der Waals surface area (Å²) in [6.07, 6.45) is 6.56. The lowest BCUT2D eigenvalue weighted by Crippen LogP contribution is -2.50. The van der Waals surface area contributed by atoms with Gasteiger partial charge in [0.2, 0.25) is 0 Å². The lowest BCUT2D eigenvalue weighted by molar-refractivity contribution is -0.0820. The van der Waals surface area contributed by atoms with Gasteiger partial charge in [0.05, 0.1) is 18.8 Å². The van der Waals surface area contributed by atoms with Crippen LogP contribution in [0.1, 0.15) is 57.1 Å². The van der Waals surface area contributed by atoms with Crippen molar-refractivity contribution >= 4 is 6.03 Å². The van der Waals surface area contributed by atoms with Crippen molar-refractivity contribution in [2.24, 2.45) is 0 Å². The van der Waals surface area contributed by atoms with Crippen molar-refractivity contribution in [2.45, 2.75) is 63.1 Å². The number of hydrogen-bond acceptors (Lipinski definition) is 3. The van der Waals surface area contributed by atoms with Crippen molar-refractivity contribution in [3.63, 3.8) is 0 Å². The van der Waals surface area contributed by atoms with Crippen LogP contribution >= 0.6 is 0 Å². The highest BCUT2D eigenvalue weighted by Crippen LogP contribution is 2.39. The zero-order chi connectivity index (χ0) is 17.0. The Kier molecular flexibility index (Phi) is 5.29. The molecule has 2 atom stereocenters. The van der Waals surface area contributed by atoms with Crippen LogP contribution < -0.4 is 15.4 Å². The van der Waals surface area contributed by atoms with Crippen LogP contribution in [0.25, 0.3) is 0 Å². The molecule has 1 aromatic rings. The summed E-state index contributed by atoms with van der Waals surface area (Å²) < 4.78 is 11.4. The molecular formula is C19H28N2O3. The van der Waals surface area contributed by atoms with E-state index in [4.69, 9.17) is 9.47 Å². The molecule has 2 aliphatic rings. The summed E-state index contributed by atoms with van der Waals surface area (Å²) in [5.74, 6) is 0.793. The summed E-state index contributed by atoms with van der Waals surface area (Å²) in [5, 5.41) is 6.16. The highest BCUT2D eigenvalue weighted by atomic mass is 16.5. The standard InChI is InChI=1S/C19H28N2O3/c1-14(16-7-3-4-8-17(16)23-2)20-18(22)21-15-9-12-24-19(13-15)10-5-6-11-19/h3-4,7-8,14-15H,5-6,9-13H2,1-2H3,(H2,20,21,22)/t14-,15+/m1/s1. The summed E-state index contributed by atoms with van der Waals surface area (Å²) in [7, 11) is 1.65. The number of ether oxygens (including phenoxy) is 2. The Morgan fingerprint density at radius 1 is 1.33 bits per heavy atom. The van der Waals surface area contributed by atoms with Crippen LogP contribution in [0.2, 0.25) is 0 Å². The minimum atomic E-state index is -0.117. The molecule has 3 rings (SSSR count). The first-order valence-corrected chi connectivity index (χ1v) is 8.96. The minimum absolute atomic E-state index is 0.0183. The number of hydrogen-bond donors (Lipinski definition) is 2. The first kappa shape index (κ1) is 17.1. The average Bonchev–Trinajstić information content (AvgIpc) is 3.02. The Labute approximate surface area is 144 Å². The molecule has 1 heterocycles. The molecule has 0 radical (unpaired) electrons. The van der Waals surface area contributed by atoms with E-state index in [2.05, 4.69) is 10.6 Å². The monoisotopic (exact) mass is 332 g/mol. The number of rotatable bonds is 4. The Balaban J connectivity index is 1.55. The zero-order valence-corrected chi connectivity index (χ0v) is 14.6. The predicted octanol–water partition coefficient (Wildman–Crippen LogP) is 3.55. The zero-order valence-electron chi connectivity index (χ0n) is 14.6. The van der Waals surface area contributed by atoms with Crippen molar-refractivity contribution < 1.29 is 14.3 Å². The minimum Gasteiger partial charge on any atom is -0.496 e. The van der Waals surface area contributed by atoms with Crippen LogP contribution in [0.5, 0.6) is 5.75 Å². The summed E-state index contributed by atoms with van der Waals surface area (Å²) >= 11 is 0. The molecule has 5 heteroatoms. The molecule has 1 aromatic carbocycles. The molecule has 0 unspecified atom stereocenters. The number of carbonyl (C=O) groups is 1. The SMILES string of the molecule is COc1ccccc1[C@@H](C)NC(=O)N[C@H]1CCOC2(CCCC2)C1. The molecule has 132 valence electrons. The van der Waals surface area contributed by atoms with E-state index < -0.39 is 0 Å². The van der Waals surface area contributed by atoms with Crippen LogP contribution in [-0.4, -0.2) is 31.4 Å². The number of amides is 2. The summed E-state index contributed by atoms with van der Waals surface area (Å²) in [6, 6.07) is 7.74. The summed E-state index contributed by atoms with van der Waals surface area (Å²) in [4.78, 5) is 12.4. The Bertz CT molecular complexity index is 569. The van der Waals surface area contributed by atoms with Gasteiger partial charge in [-0.15, -0.1) is 0 Å². The third kappa shape index (κ3) is 3.83. The van der Waals surface area contributed by atoms with E-state index in [9.17, 15) is 4.79 Å². The maximum Gasteiger partial charge on any atom is 0.315 e. The van der Waals surface area contributed by atoms with E-state index >= 15 is 0 Å². The number of benzene rings is 1. The van der Waals surface area contributed by atoms with E-state index in [1.807, 2.05) is 31.2 Å². The van der Waals surface area contributed by atoms with Crippen LogP contribution in [0.4, 0.5) is 4.79 Å². The van der Waals surface area contributed by atoms with E-state index in [1.165, 1.54) is 12.8 Å². The fourth-order valence-electron chi connectivity index (χ4n) is 4.04. The van der Waals surface area contributed by atoms with Gasteiger partial charge in [-0.2, -0.15) is 0 Å². The third-order valence-corrected chi connectivity index (χ3v) is 5.30. The van der Waals surface area contributed by atoms with Gasteiger partial charge in [0.25, 0.3) is 0 Å². The quantitative estimate of drug-likeness (QED) is 0.886. The van der Waals surface area contributed by atoms with Crippen molar-refractivity contribution in [1.82, 2.24) is 10.6 Å². The predicted molar refractivity (Wildman–Crippen MR) is 93.2 cm³/mol. The first-order valence-electron chi connectivity index (χ1n) is 8.96. The van der Waals surface area contributed by atoms with Crippen LogP contribution in [0.3, 0.4) is 0 Å². The number of nitrogens with one attached hydrogen (secondary N) is 2. The maximum atomic E-state index is 12.4. The topological polar surface area (TPSA) is 59.6 Å². The lowest BCUT2D eigenvalue weighted by atomic mass is 9.89. The second-order valence-corrected chi connectivity index (χ2v) is 7.01. The number of methoxy groups -OCH3 is 1. The molecule has 2 amide bonds. The third-order valence-electron chi connectivity index (χ3n) is 5.30. The summed E-state index contributed by atoms with van der Waals surface area (Å²) in [6.45, 7) is 2.72. The van der Waals surface area contributed by atoms with Gasteiger partial charge in [-0.3, -0.25) is 0 Å². The molecule has 1 aliphatic carbocycles. The molecule has 2 fully saturated rings. The highest BCUT2D eigenvalue weighted by Gasteiger charge is 2.40. The molecule has 1 aliphatic heterocycles. The van der Waals surface area contributed by atoms with E-state index in [0.29, 0.717) is 0 Å². The molecule has 0 bridgehead atoms. The molecule has 1 saturated carbocycles. The average molecular weight is 332 g/mol. The van der Waals surface area contributed by atoms with Crippen molar-refractivity contribution in [2.75, 3.05) is 13.7 Å². The molecule has 2 N–H and O–H groups in total. The lowest BCUT2D eigenvalue weighted by Gasteiger charge is -2.38. The van der Waals surface area contributed by atoms with Crippen LogP contribution in [-0.2, 0) is 4.74 Å².